The van der Waals surface area contributed by atoms with E-state index in [0.29, 0.717) is 0 Å². The van der Waals surface area contributed by atoms with E-state index in [0.717, 1.165) is 11.5 Å². The van der Waals surface area contributed by atoms with Crippen LogP contribution in [0.2, 0.25) is 0 Å². The van der Waals surface area contributed by atoms with Gasteiger partial charge in [0.05, 0.1) is 5.25 Å². The highest BCUT2D eigenvalue weighted by Gasteiger charge is 2.07. The van der Waals surface area contributed by atoms with Crippen molar-refractivity contribution in [2.24, 2.45) is 0 Å². The summed E-state index contributed by atoms with van der Waals surface area (Å²) in [6.45, 7) is 1.98. The average molecular weight is 179 g/mol. The number of fused-ring (bicyclic) bond motifs is 1. The molecule has 0 aliphatic rings. The van der Waals surface area contributed by atoms with Crippen LogP contribution in [0.15, 0.2) is 24.4 Å². The Kier molecular flexibility index (Phi) is 1.77. The molecule has 1 atom stereocenters. The second-order valence-corrected chi connectivity index (χ2v) is 3.44. The summed E-state index contributed by atoms with van der Waals surface area (Å²) in [4.78, 5) is 0. The first-order valence-corrected chi connectivity index (χ1v) is 4.28. The Morgan fingerprint density at radius 2 is 2.25 bits per heavy atom. The van der Waals surface area contributed by atoms with Crippen LogP contribution >= 0.6 is 12.6 Å². The zero-order valence-electron chi connectivity index (χ0n) is 6.68. The van der Waals surface area contributed by atoms with Crippen molar-refractivity contribution in [1.29, 1.82) is 0 Å². The molecule has 0 aliphatic carbocycles. The molecule has 0 aromatic carbocycles. The summed E-state index contributed by atoms with van der Waals surface area (Å²) in [5, 5.41) is 8.15. The van der Waals surface area contributed by atoms with Gasteiger partial charge in [-0.2, -0.15) is 12.6 Å². The van der Waals surface area contributed by atoms with Crippen molar-refractivity contribution in [3.8, 4) is 0 Å². The minimum absolute atomic E-state index is 0.113. The molecule has 0 saturated carbocycles. The van der Waals surface area contributed by atoms with Crippen molar-refractivity contribution in [3.63, 3.8) is 0 Å². The smallest absolute Gasteiger partial charge is 0.160 e. The van der Waals surface area contributed by atoms with Crippen molar-refractivity contribution in [2.75, 3.05) is 0 Å². The Balaban J connectivity index is 2.70. The lowest BCUT2D eigenvalue weighted by Crippen LogP contribution is -1.93. The standard InChI is InChI=1S/C8H9N3S/c1-6(12)8-10-9-7-4-2-3-5-11(7)8/h2-6,12H,1H3. The van der Waals surface area contributed by atoms with E-state index < -0.39 is 0 Å². The van der Waals surface area contributed by atoms with E-state index in [-0.39, 0.29) is 5.25 Å². The minimum atomic E-state index is 0.113. The Morgan fingerprint density at radius 3 is 3.00 bits per heavy atom. The molecule has 2 aromatic rings. The van der Waals surface area contributed by atoms with Gasteiger partial charge < -0.3 is 0 Å². The summed E-state index contributed by atoms with van der Waals surface area (Å²) in [5.74, 6) is 0.883. The van der Waals surface area contributed by atoms with Crippen LogP contribution in [0.25, 0.3) is 5.65 Å². The molecular formula is C8H9N3S. The first-order chi connectivity index (χ1) is 5.79. The van der Waals surface area contributed by atoms with Gasteiger partial charge in [-0.3, -0.25) is 4.40 Å². The highest BCUT2D eigenvalue weighted by Crippen LogP contribution is 2.16. The Morgan fingerprint density at radius 1 is 1.42 bits per heavy atom. The van der Waals surface area contributed by atoms with Crippen LogP contribution in [-0.2, 0) is 0 Å². The zero-order chi connectivity index (χ0) is 8.55. The maximum absolute atomic E-state index is 4.31. The van der Waals surface area contributed by atoms with Crippen LogP contribution in [0, 0.1) is 0 Å². The fourth-order valence-corrected chi connectivity index (χ4v) is 1.32. The number of aromatic nitrogens is 3. The quantitative estimate of drug-likeness (QED) is 0.676. The number of hydrogen-bond donors (Lipinski definition) is 1. The van der Waals surface area contributed by atoms with E-state index in [9.17, 15) is 0 Å². The third-order valence-electron chi connectivity index (χ3n) is 1.71. The predicted octanol–water partition coefficient (Wildman–Crippen LogP) is 1.72. The van der Waals surface area contributed by atoms with E-state index in [4.69, 9.17) is 0 Å². The van der Waals surface area contributed by atoms with Crippen molar-refractivity contribution in [3.05, 3.63) is 30.2 Å². The molecule has 62 valence electrons. The number of hydrogen-bond acceptors (Lipinski definition) is 3. The lowest BCUT2D eigenvalue weighted by Gasteiger charge is -1.99. The highest BCUT2D eigenvalue weighted by atomic mass is 32.1. The average Bonchev–Trinajstić information content (AvgIpc) is 2.47. The molecular weight excluding hydrogens is 170 g/mol. The Bertz CT molecular complexity index is 394. The molecule has 2 aromatic heterocycles. The van der Waals surface area contributed by atoms with Crippen molar-refractivity contribution in [1.82, 2.24) is 14.6 Å². The molecule has 0 spiro atoms. The van der Waals surface area contributed by atoms with Gasteiger partial charge in [-0.05, 0) is 19.1 Å². The molecule has 1 unspecified atom stereocenters. The zero-order valence-corrected chi connectivity index (χ0v) is 7.57. The van der Waals surface area contributed by atoms with E-state index in [1.807, 2.05) is 35.7 Å². The number of nitrogens with zero attached hydrogens (tertiary/aromatic N) is 3. The molecule has 4 heteroatoms. The fraction of sp³-hybridized carbons (Fsp3) is 0.250. The largest absolute Gasteiger partial charge is 0.286 e. The van der Waals surface area contributed by atoms with Crippen LogP contribution < -0.4 is 0 Å². The molecule has 12 heavy (non-hydrogen) atoms. The fourth-order valence-electron chi connectivity index (χ4n) is 1.14. The summed E-state index contributed by atoms with van der Waals surface area (Å²) in [6.07, 6.45) is 1.94. The molecule has 0 fully saturated rings. The first-order valence-electron chi connectivity index (χ1n) is 3.77. The molecule has 2 rings (SSSR count). The molecule has 0 aliphatic heterocycles. The Hall–Kier alpha value is -1.03. The van der Waals surface area contributed by atoms with Gasteiger partial charge in [-0.15, -0.1) is 10.2 Å². The van der Waals surface area contributed by atoms with Gasteiger partial charge >= 0.3 is 0 Å². The van der Waals surface area contributed by atoms with Gasteiger partial charge in [-0.25, -0.2) is 0 Å². The minimum Gasteiger partial charge on any atom is -0.286 e. The number of thiol groups is 1. The summed E-state index contributed by atoms with van der Waals surface area (Å²) in [6, 6.07) is 5.82. The van der Waals surface area contributed by atoms with Gasteiger partial charge in [0.15, 0.2) is 5.65 Å². The van der Waals surface area contributed by atoms with Crippen LogP contribution in [-0.4, -0.2) is 14.6 Å². The lowest BCUT2D eigenvalue weighted by atomic mass is 10.4. The normalized spacial score (nSPS) is 13.5. The Labute approximate surface area is 75.8 Å². The topological polar surface area (TPSA) is 30.2 Å². The van der Waals surface area contributed by atoms with Crippen LogP contribution in [0.4, 0.5) is 0 Å². The maximum Gasteiger partial charge on any atom is 0.160 e. The highest BCUT2D eigenvalue weighted by molar-refractivity contribution is 7.80. The number of pyridine rings is 1. The van der Waals surface area contributed by atoms with Crippen LogP contribution in [0.1, 0.15) is 18.0 Å². The first kappa shape index (κ1) is 7.61. The second-order valence-electron chi connectivity index (χ2n) is 2.66. The predicted molar refractivity (Wildman–Crippen MR) is 50.4 cm³/mol. The SMILES string of the molecule is CC(S)c1nnc2ccccn12. The summed E-state index contributed by atoms with van der Waals surface area (Å²) in [5.41, 5.74) is 0.869. The second kappa shape index (κ2) is 2.79. The van der Waals surface area contributed by atoms with E-state index in [2.05, 4.69) is 22.8 Å². The van der Waals surface area contributed by atoms with Crippen LogP contribution in [0.3, 0.4) is 0 Å². The molecule has 0 amide bonds. The summed E-state index contributed by atoms with van der Waals surface area (Å²) in [7, 11) is 0. The van der Waals surface area contributed by atoms with E-state index in [1.54, 1.807) is 0 Å². The summed E-state index contributed by atoms with van der Waals surface area (Å²) >= 11 is 4.31. The van der Waals surface area contributed by atoms with Gasteiger partial charge in [0.25, 0.3) is 0 Å². The number of rotatable bonds is 1. The third-order valence-corrected chi connectivity index (χ3v) is 1.94. The van der Waals surface area contributed by atoms with Crippen molar-refractivity contribution < 1.29 is 0 Å². The van der Waals surface area contributed by atoms with Crippen molar-refractivity contribution >= 4 is 18.3 Å². The third kappa shape index (κ3) is 1.08. The van der Waals surface area contributed by atoms with E-state index in [1.165, 1.54) is 0 Å². The van der Waals surface area contributed by atoms with Gasteiger partial charge in [0.1, 0.15) is 5.82 Å². The molecule has 0 bridgehead atoms. The van der Waals surface area contributed by atoms with Gasteiger partial charge in [-0.1, -0.05) is 6.07 Å². The van der Waals surface area contributed by atoms with Gasteiger partial charge in [0, 0.05) is 6.20 Å². The van der Waals surface area contributed by atoms with Crippen LogP contribution in [0.5, 0.6) is 0 Å². The molecule has 2 heterocycles. The monoisotopic (exact) mass is 179 g/mol. The maximum atomic E-state index is 4.31. The lowest BCUT2D eigenvalue weighted by molar-refractivity contribution is 0.896. The van der Waals surface area contributed by atoms with E-state index >= 15 is 0 Å². The van der Waals surface area contributed by atoms with Crippen molar-refractivity contribution in [2.45, 2.75) is 12.2 Å². The summed E-state index contributed by atoms with van der Waals surface area (Å²) < 4.78 is 1.94. The molecule has 3 nitrogen and oxygen atoms in total. The molecule has 0 N–H and O–H groups in total. The van der Waals surface area contributed by atoms with Gasteiger partial charge in [0.2, 0.25) is 0 Å². The molecule has 0 radical (unpaired) electrons. The molecule has 0 saturated heterocycles.